The third-order valence-corrected chi connectivity index (χ3v) is 6.64. The van der Waals surface area contributed by atoms with Crippen molar-refractivity contribution in [3.63, 3.8) is 0 Å². The number of carbonyl (C=O) groups is 1. The molecule has 1 atom stereocenters. The fraction of sp³-hybridized carbons (Fsp3) is 0.296. The van der Waals surface area contributed by atoms with Crippen molar-refractivity contribution in [2.24, 2.45) is 4.99 Å². The SMILES string of the molecule is CC1=C(C(=O)OC(C)C)C(c2ccccc2Cl)n2c(sc(=Cc3cccc(OC(C)C)c3)c2=O)=N1. The number of benzene rings is 2. The molecule has 4 rings (SSSR count). The Hall–Kier alpha value is -3.16. The van der Waals surface area contributed by atoms with Crippen molar-refractivity contribution in [2.75, 3.05) is 0 Å². The number of allylic oxidation sites excluding steroid dienone is 1. The van der Waals surface area contributed by atoms with Crippen LogP contribution in [0.4, 0.5) is 0 Å². The molecule has 1 unspecified atom stereocenters. The lowest BCUT2D eigenvalue weighted by Crippen LogP contribution is -2.40. The van der Waals surface area contributed by atoms with E-state index in [4.69, 9.17) is 21.1 Å². The molecule has 0 N–H and O–H groups in total. The maximum Gasteiger partial charge on any atom is 0.338 e. The van der Waals surface area contributed by atoms with Crippen molar-refractivity contribution in [3.05, 3.63) is 95.6 Å². The number of fused-ring (bicyclic) bond motifs is 1. The highest BCUT2D eigenvalue weighted by Gasteiger charge is 2.34. The summed E-state index contributed by atoms with van der Waals surface area (Å²) in [5.74, 6) is 0.212. The Morgan fingerprint density at radius 1 is 1.11 bits per heavy atom. The van der Waals surface area contributed by atoms with Crippen LogP contribution in [0.3, 0.4) is 0 Å². The largest absolute Gasteiger partial charge is 0.491 e. The van der Waals surface area contributed by atoms with E-state index in [0.717, 1.165) is 11.3 Å². The third-order valence-electron chi connectivity index (χ3n) is 5.31. The molecular weight excluding hydrogens is 484 g/mol. The van der Waals surface area contributed by atoms with Crippen LogP contribution in [0.15, 0.2) is 69.6 Å². The third kappa shape index (κ3) is 5.26. The molecule has 0 saturated heterocycles. The number of nitrogens with zero attached hydrogens (tertiary/aromatic N) is 2. The number of halogens is 1. The van der Waals surface area contributed by atoms with E-state index in [1.807, 2.05) is 62.4 Å². The van der Waals surface area contributed by atoms with E-state index < -0.39 is 12.0 Å². The van der Waals surface area contributed by atoms with Crippen LogP contribution in [0.25, 0.3) is 6.08 Å². The molecule has 2 heterocycles. The molecule has 1 aromatic heterocycles. The minimum absolute atomic E-state index is 0.0400. The summed E-state index contributed by atoms with van der Waals surface area (Å²) >= 11 is 7.83. The first-order valence-electron chi connectivity index (χ1n) is 11.4. The Morgan fingerprint density at radius 2 is 1.86 bits per heavy atom. The molecule has 6 nitrogen and oxygen atoms in total. The molecule has 0 bridgehead atoms. The predicted molar refractivity (Wildman–Crippen MR) is 139 cm³/mol. The molecule has 3 aromatic rings. The molecule has 0 fully saturated rings. The van der Waals surface area contributed by atoms with Gasteiger partial charge >= 0.3 is 5.97 Å². The summed E-state index contributed by atoms with van der Waals surface area (Å²) in [4.78, 5) is 32.0. The Kier molecular flexibility index (Phi) is 7.28. The van der Waals surface area contributed by atoms with E-state index in [9.17, 15) is 9.59 Å². The zero-order valence-electron chi connectivity index (χ0n) is 20.2. The fourth-order valence-corrected chi connectivity index (χ4v) is 5.24. The molecular formula is C27H27ClN2O4S. The van der Waals surface area contributed by atoms with Gasteiger partial charge in [-0.15, -0.1) is 0 Å². The van der Waals surface area contributed by atoms with Gasteiger partial charge in [0.05, 0.1) is 28.0 Å². The van der Waals surface area contributed by atoms with Gasteiger partial charge in [0.2, 0.25) is 0 Å². The monoisotopic (exact) mass is 510 g/mol. The first kappa shape index (κ1) is 24.9. The van der Waals surface area contributed by atoms with Gasteiger partial charge in [0, 0.05) is 5.02 Å². The fourth-order valence-electron chi connectivity index (χ4n) is 3.95. The lowest BCUT2D eigenvalue weighted by molar-refractivity contribution is -0.143. The molecule has 8 heteroatoms. The number of carbonyl (C=O) groups excluding carboxylic acids is 1. The first-order valence-corrected chi connectivity index (χ1v) is 12.6. The van der Waals surface area contributed by atoms with Gasteiger partial charge in [-0.25, -0.2) is 9.79 Å². The van der Waals surface area contributed by atoms with Crippen LogP contribution < -0.4 is 19.6 Å². The van der Waals surface area contributed by atoms with Crippen LogP contribution in [-0.4, -0.2) is 22.7 Å². The highest BCUT2D eigenvalue weighted by Crippen LogP contribution is 2.34. The second kappa shape index (κ2) is 10.2. The number of aromatic nitrogens is 1. The topological polar surface area (TPSA) is 69.9 Å². The molecule has 1 aliphatic heterocycles. The molecule has 0 spiro atoms. The summed E-state index contributed by atoms with van der Waals surface area (Å²) in [6.07, 6.45) is 1.53. The second-order valence-corrected chi connectivity index (χ2v) is 10.2. The van der Waals surface area contributed by atoms with Crippen molar-refractivity contribution in [2.45, 2.75) is 52.9 Å². The molecule has 0 saturated carbocycles. The smallest absolute Gasteiger partial charge is 0.338 e. The van der Waals surface area contributed by atoms with Gasteiger partial charge in [-0.3, -0.25) is 9.36 Å². The van der Waals surface area contributed by atoms with Crippen LogP contribution in [-0.2, 0) is 9.53 Å². The number of thiazole rings is 1. The van der Waals surface area contributed by atoms with Crippen molar-refractivity contribution in [3.8, 4) is 5.75 Å². The van der Waals surface area contributed by atoms with Gasteiger partial charge in [0.25, 0.3) is 5.56 Å². The van der Waals surface area contributed by atoms with Gasteiger partial charge in [-0.2, -0.15) is 0 Å². The highest BCUT2D eigenvalue weighted by atomic mass is 35.5. The summed E-state index contributed by atoms with van der Waals surface area (Å²) in [5, 5.41) is 0.454. The van der Waals surface area contributed by atoms with Crippen LogP contribution in [0.1, 0.15) is 51.8 Å². The second-order valence-electron chi connectivity index (χ2n) is 8.80. The minimum atomic E-state index is -0.746. The number of hydrogen-bond donors (Lipinski definition) is 0. The summed E-state index contributed by atoms with van der Waals surface area (Å²) in [7, 11) is 0. The highest BCUT2D eigenvalue weighted by molar-refractivity contribution is 7.07. The Morgan fingerprint density at radius 3 is 2.54 bits per heavy atom. The zero-order chi connectivity index (χ0) is 25.3. The minimum Gasteiger partial charge on any atom is -0.491 e. The standard InChI is InChI=1S/C27H27ClN2O4S/c1-15(2)33-19-10-8-9-18(13-19)14-22-25(31)30-24(20-11-6-7-12-21(20)28)23(26(32)34-16(3)4)17(5)29-27(30)35-22/h6-16,24H,1-5H3. The van der Waals surface area contributed by atoms with E-state index in [0.29, 0.717) is 31.2 Å². The number of esters is 1. The van der Waals surface area contributed by atoms with Gasteiger partial charge in [0.1, 0.15) is 11.8 Å². The molecule has 35 heavy (non-hydrogen) atoms. The zero-order valence-corrected chi connectivity index (χ0v) is 21.8. The van der Waals surface area contributed by atoms with Gasteiger partial charge in [0.15, 0.2) is 4.80 Å². The number of hydrogen-bond acceptors (Lipinski definition) is 6. The van der Waals surface area contributed by atoms with E-state index in [1.165, 1.54) is 15.9 Å². The summed E-state index contributed by atoms with van der Waals surface area (Å²) < 4.78 is 13.3. The Balaban J connectivity index is 1.91. The summed E-state index contributed by atoms with van der Waals surface area (Å²) in [6.45, 7) is 9.24. The van der Waals surface area contributed by atoms with Crippen LogP contribution in [0, 0.1) is 0 Å². The molecule has 2 aromatic carbocycles. The average Bonchev–Trinajstić information content (AvgIpc) is 3.07. The van der Waals surface area contributed by atoms with Crippen LogP contribution in [0.2, 0.25) is 5.02 Å². The number of ether oxygens (including phenoxy) is 2. The van der Waals surface area contributed by atoms with Gasteiger partial charge in [-0.1, -0.05) is 53.3 Å². The first-order chi connectivity index (χ1) is 16.7. The van der Waals surface area contributed by atoms with E-state index in [1.54, 1.807) is 26.8 Å². The normalized spacial score (nSPS) is 15.9. The molecule has 0 aliphatic carbocycles. The van der Waals surface area contributed by atoms with Gasteiger partial charge in [-0.05, 0) is 70.0 Å². The Bertz CT molecular complexity index is 1480. The maximum absolute atomic E-state index is 13.7. The van der Waals surface area contributed by atoms with E-state index in [-0.39, 0.29) is 17.8 Å². The predicted octanol–water partition coefficient (Wildman–Crippen LogP) is 4.63. The van der Waals surface area contributed by atoms with Crippen LogP contribution >= 0.6 is 22.9 Å². The van der Waals surface area contributed by atoms with Crippen molar-refractivity contribution in [1.29, 1.82) is 0 Å². The van der Waals surface area contributed by atoms with Crippen LogP contribution in [0.5, 0.6) is 5.75 Å². The molecule has 0 radical (unpaired) electrons. The Labute approximate surface area is 212 Å². The summed E-state index contributed by atoms with van der Waals surface area (Å²) in [5.41, 5.74) is 2.02. The lowest BCUT2D eigenvalue weighted by Gasteiger charge is -2.26. The molecule has 0 amide bonds. The van der Waals surface area contributed by atoms with Gasteiger partial charge < -0.3 is 9.47 Å². The lowest BCUT2D eigenvalue weighted by atomic mass is 9.96. The number of rotatable bonds is 6. The van der Waals surface area contributed by atoms with E-state index >= 15 is 0 Å². The van der Waals surface area contributed by atoms with Crippen molar-refractivity contribution >= 4 is 35.0 Å². The maximum atomic E-state index is 13.7. The van der Waals surface area contributed by atoms with E-state index in [2.05, 4.69) is 4.99 Å². The quantitative estimate of drug-likeness (QED) is 0.453. The molecule has 182 valence electrons. The average molecular weight is 511 g/mol. The molecule has 1 aliphatic rings. The van der Waals surface area contributed by atoms with Crippen molar-refractivity contribution in [1.82, 2.24) is 4.57 Å². The van der Waals surface area contributed by atoms with Crippen molar-refractivity contribution < 1.29 is 14.3 Å². The summed E-state index contributed by atoms with van der Waals surface area (Å²) in [6, 6.07) is 14.0.